The van der Waals surface area contributed by atoms with Gasteiger partial charge in [0.15, 0.2) is 15.3 Å². The van der Waals surface area contributed by atoms with Crippen molar-refractivity contribution in [3.8, 4) is 0 Å². The van der Waals surface area contributed by atoms with Crippen LogP contribution in [0.2, 0.25) is 13.1 Å². The highest BCUT2D eigenvalue weighted by atomic mass is 28.3. The summed E-state index contributed by atoms with van der Waals surface area (Å²) in [5.74, 6) is -0.0819. The number of ether oxygens (including phenoxy) is 4. The quantitative estimate of drug-likeness (QED) is 0.185. The minimum Gasteiger partial charge on any atom is -0.469 e. The lowest BCUT2D eigenvalue weighted by Crippen LogP contribution is -2.47. The lowest BCUT2D eigenvalue weighted by atomic mass is 9.74. The molecule has 0 spiro atoms. The fourth-order valence-corrected chi connectivity index (χ4v) is 6.84. The molecule has 0 aromatic carbocycles. The zero-order valence-corrected chi connectivity index (χ0v) is 24.3. The Morgan fingerprint density at radius 1 is 1.06 bits per heavy atom. The number of hydrogen-bond acceptors (Lipinski definition) is 7. The van der Waals surface area contributed by atoms with Crippen molar-refractivity contribution in [1.82, 2.24) is 0 Å². The van der Waals surface area contributed by atoms with E-state index in [-0.39, 0.29) is 53.8 Å². The second-order valence-corrected chi connectivity index (χ2v) is 14.0. The molecule has 0 radical (unpaired) electrons. The molecule has 1 heterocycles. The molecule has 1 saturated carbocycles. The van der Waals surface area contributed by atoms with E-state index in [0.717, 1.165) is 58.0 Å². The molecular weight excluding hydrogens is 464 g/mol. The van der Waals surface area contributed by atoms with Crippen molar-refractivity contribution in [3.63, 3.8) is 0 Å². The summed E-state index contributed by atoms with van der Waals surface area (Å²) in [6, 6.07) is 0. The van der Waals surface area contributed by atoms with Crippen LogP contribution in [-0.4, -0.2) is 59.3 Å². The third-order valence-electron chi connectivity index (χ3n) is 7.17. The van der Waals surface area contributed by atoms with E-state index in [0.29, 0.717) is 12.8 Å². The van der Waals surface area contributed by atoms with Gasteiger partial charge < -0.3 is 23.4 Å². The topological polar surface area (TPSA) is 80.3 Å². The fraction of sp³-hybridized carbons (Fsp3) is 0.926. The number of hydrogen-bond donors (Lipinski definition) is 0. The van der Waals surface area contributed by atoms with Crippen LogP contribution in [0.15, 0.2) is 0 Å². The van der Waals surface area contributed by atoms with Gasteiger partial charge in [-0.15, -0.1) is 0 Å². The van der Waals surface area contributed by atoms with Gasteiger partial charge in [0.1, 0.15) is 6.10 Å². The van der Waals surface area contributed by atoms with Crippen molar-refractivity contribution in [3.05, 3.63) is 0 Å². The van der Waals surface area contributed by atoms with Crippen LogP contribution in [-0.2, 0) is 33.0 Å². The summed E-state index contributed by atoms with van der Waals surface area (Å²) < 4.78 is 29.9. The van der Waals surface area contributed by atoms with E-state index >= 15 is 0 Å². The second-order valence-electron chi connectivity index (χ2n) is 11.6. The average molecular weight is 515 g/mol. The zero-order chi connectivity index (χ0) is 26.0. The van der Waals surface area contributed by atoms with Crippen LogP contribution in [0.3, 0.4) is 0 Å². The summed E-state index contributed by atoms with van der Waals surface area (Å²) in [7, 11) is 0.106. The van der Waals surface area contributed by atoms with Gasteiger partial charge in [-0.25, -0.2) is 0 Å². The van der Waals surface area contributed by atoms with Crippen LogP contribution in [0, 0.1) is 17.3 Å². The molecule has 6 atom stereocenters. The van der Waals surface area contributed by atoms with Crippen molar-refractivity contribution in [2.45, 2.75) is 130 Å². The van der Waals surface area contributed by atoms with Crippen LogP contribution < -0.4 is 0 Å². The van der Waals surface area contributed by atoms with Crippen LogP contribution in [0.1, 0.15) is 91.9 Å². The molecule has 2 unspecified atom stereocenters. The van der Waals surface area contributed by atoms with Crippen molar-refractivity contribution in [2.75, 3.05) is 13.7 Å². The van der Waals surface area contributed by atoms with Crippen molar-refractivity contribution >= 4 is 21.0 Å². The fourth-order valence-electron chi connectivity index (χ4n) is 5.66. The molecule has 0 aromatic heterocycles. The molecule has 7 nitrogen and oxygen atoms in total. The molecule has 0 bridgehead atoms. The van der Waals surface area contributed by atoms with Gasteiger partial charge >= 0.3 is 11.9 Å². The van der Waals surface area contributed by atoms with E-state index in [1.54, 1.807) is 0 Å². The Kier molecular flexibility index (Phi) is 12.7. The lowest BCUT2D eigenvalue weighted by molar-refractivity contribution is -0.205. The number of carbonyl (C=O) groups excluding carboxylic acids is 2. The Labute approximate surface area is 214 Å². The van der Waals surface area contributed by atoms with E-state index in [1.807, 2.05) is 0 Å². The summed E-state index contributed by atoms with van der Waals surface area (Å²) in [5, 5.41) is 0. The minimum absolute atomic E-state index is 0.0210. The Balaban J connectivity index is 2.20. The summed E-state index contributed by atoms with van der Waals surface area (Å²) in [5.41, 5.74) is -0.0686. The van der Waals surface area contributed by atoms with Gasteiger partial charge in [0.25, 0.3) is 0 Å². The highest BCUT2D eigenvalue weighted by molar-refractivity contribution is 6.48. The first-order valence-electron chi connectivity index (χ1n) is 13.7. The summed E-state index contributed by atoms with van der Waals surface area (Å²) >= 11 is 0. The number of esters is 2. The Morgan fingerprint density at radius 2 is 1.77 bits per heavy atom. The molecule has 2 rings (SSSR count). The number of carbonyl (C=O) groups is 2. The minimum atomic E-state index is -1.33. The first-order chi connectivity index (χ1) is 16.5. The highest BCUT2D eigenvalue weighted by Gasteiger charge is 2.52. The van der Waals surface area contributed by atoms with Crippen LogP contribution in [0.4, 0.5) is 0 Å². The zero-order valence-electron chi connectivity index (χ0n) is 23.2. The molecular formula is C27H50O7Si. The van der Waals surface area contributed by atoms with E-state index in [9.17, 15) is 9.59 Å². The molecule has 0 aromatic rings. The van der Waals surface area contributed by atoms with Crippen molar-refractivity contribution < 1.29 is 33.0 Å². The van der Waals surface area contributed by atoms with Crippen molar-refractivity contribution in [2.24, 2.45) is 17.3 Å². The molecule has 1 aliphatic carbocycles. The maximum atomic E-state index is 12.0. The number of unbranched alkanes of at least 4 members (excludes halogenated alkanes) is 3. The van der Waals surface area contributed by atoms with Gasteiger partial charge in [0, 0.05) is 38.2 Å². The van der Waals surface area contributed by atoms with E-state index < -0.39 is 9.04 Å². The van der Waals surface area contributed by atoms with Gasteiger partial charge in [-0.05, 0) is 50.6 Å². The average Bonchev–Trinajstić information content (AvgIpc) is 3.09. The van der Waals surface area contributed by atoms with Crippen LogP contribution >= 0.6 is 0 Å². The highest BCUT2D eigenvalue weighted by Crippen LogP contribution is 2.47. The Hall–Kier alpha value is -0.963. The van der Waals surface area contributed by atoms with Gasteiger partial charge in [-0.3, -0.25) is 9.59 Å². The SMILES string of the molecule is COC(=O)CCCCCC[C@@H]1[C@H](C(O[SiH](C)C)C(C)(C)C)[C@H](OC2CCCCO2)C[C@@H]1OC(C)=O. The van der Waals surface area contributed by atoms with Gasteiger partial charge in [0.2, 0.25) is 0 Å². The number of rotatable bonds is 13. The molecule has 204 valence electrons. The summed E-state index contributed by atoms with van der Waals surface area (Å²) in [6.07, 6.45) is 8.66. The van der Waals surface area contributed by atoms with E-state index in [1.165, 1.54) is 14.0 Å². The third kappa shape index (κ3) is 10.1. The summed E-state index contributed by atoms with van der Waals surface area (Å²) in [4.78, 5) is 23.4. The smallest absolute Gasteiger partial charge is 0.305 e. The maximum Gasteiger partial charge on any atom is 0.305 e. The molecule has 1 aliphatic heterocycles. The van der Waals surface area contributed by atoms with E-state index in [2.05, 4.69) is 33.9 Å². The first kappa shape index (κ1) is 30.3. The summed E-state index contributed by atoms with van der Waals surface area (Å²) in [6.45, 7) is 13.4. The predicted molar refractivity (Wildman–Crippen MR) is 139 cm³/mol. The molecule has 0 N–H and O–H groups in total. The largest absolute Gasteiger partial charge is 0.469 e. The Bertz CT molecular complexity index is 642. The van der Waals surface area contributed by atoms with Crippen LogP contribution in [0.25, 0.3) is 0 Å². The molecule has 2 fully saturated rings. The standard InChI is InChI=1S/C27H50O7Si/c1-19(28)32-21-18-22(33-24-16-12-13-17-31-24)25(26(27(2,3)4)34-35(6)7)20(21)14-10-8-9-11-15-23(29)30-5/h20-22,24-26,35H,8-18H2,1-7H3/t20-,21-,22+,24?,25-,26?/m0/s1. The first-order valence-corrected chi connectivity index (χ1v) is 16.5. The molecule has 35 heavy (non-hydrogen) atoms. The Morgan fingerprint density at radius 3 is 2.34 bits per heavy atom. The van der Waals surface area contributed by atoms with Gasteiger partial charge in [0.05, 0.1) is 19.3 Å². The normalized spacial score (nSPS) is 28.2. The van der Waals surface area contributed by atoms with Crippen molar-refractivity contribution in [1.29, 1.82) is 0 Å². The number of methoxy groups -OCH3 is 1. The maximum absolute atomic E-state index is 12.0. The van der Waals surface area contributed by atoms with Gasteiger partial charge in [-0.2, -0.15) is 0 Å². The third-order valence-corrected chi connectivity index (χ3v) is 8.00. The van der Waals surface area contributed by atoms with Gasteiger partial charge in [-0.1, -0.05) is 40.0 Å². The van der Waals surface area contributed by atoms with E-state index in [4.69, 9.17) is 23.4 Å². The monoisotopic (exact) mass is 514 g/mol. The lowest BCUT2D eigenvalue weighted by Gasteiger charge is -2.42. The molecule has 2 aliphatic rings. The molecule has 0 amide bonds. The second kappa shape index (κ2) is 14.7. The van der Waals surface area contributed by atoms with Crippen LogP contribution in [0.5, 0.6) is 0 Å². The predicted octanol–water partition coefficient (Wildman–Crippen LogP) is 5.39. The molecule has 8 heteroatoms. The molecule has 1 saturated heterocycles.